The molecule has 5 heteroatoms. The normalized spacial score (nSPS) is 21.1. The van der Waals surface area contributed by atoms with Gasteiger partial charge < -0.3 is 14.6 Å². The van der Waals surface area contributed by atoms with Crippen LogP contribution in [-0.2, 0) is 16.0 Å². The molecule has 3 aromatic rings. The summed E-state index contributed by atoms with van der Waals surface area (Å²) in [4.78, 5) is 18.5. The molecule has 0 aliphatic carbocycles. The smallest absolute Gasteiger partial charge is 0.335 e. The first kappa shape index (κ1) is 17.4. The van der Waals surface area contributed by atoms with Gasteiger partial charge in [-0.2, -0.15) is 0 Å². The Balaban J connectivity index is 1.62. The van der Waals surface area contributed by atoms with Gasteiger partial charge in [-0.25, -0.2) is 4.79 Å². The minimum Gasteiger partial charge on any atom is -0.466 e. The van der Waals surface area contributed by atoms with Crippen LogP contribution in [0.3, 0.4) is 0 Å². The molecule has 4 nitrogen and oxygen atoms in total. The van der Waals surface area contributed by atoms with Crippen molar-refractivity contribution in [3.63, 3.8) is 0 Å². The number of methoxy groups -OCH3 is 1. The molecule has 0 unspecified atom stereocenters. The van der Waals surface area contributed by atoms with Crippen LogP contribution >= 0.6 is 11.6 Å². The lowest BCUT2D eigenvalue weighted by Crippen LogP contribution is -2.37. The van der Waals surface area contributed by atoms with Crippen LogP contribution in [0.4, 0.5) is 0 Å². The van der Waals surface area contributed by atoms with Crippen LogP contribution in [-0.4, -0.2) is 29.5 Å². The summed E-state index contributed by atoms with van der Waals surface area (Å²) in [5.74, 6) is -0.323. The number of aromatic nitrogens is 1. The monoisotopic (exact) mass is 392 g/mol. The molecule has 0 radical (unpaired) electrons. The summed E-state index contributed by atoms with van der Waals surface area (Å²) in [7, 11) is 1.44. The molecule has 0 fully saturated rings. The maximum Gasteiger partial charge on any atom is 0.335 e. The van der Waals surface area contributed by atoms with Crippen molar-refractivity contribution >= 4 is 28.5 Å². The number of nitrogens with zero attached hydrogens (tertiary/aromatic N) is 1. The minimum absolute atomic E-state index is 0.0511. The van der Waals surface area contributed by atoms with E-state index in [1.165, 1.54) is 29.3 Å². The van der Waals surface area contributed by atoms with Crippen LogP contribution in [0, 0.1) is 0 Å². The number of rotatable bonds is 2. The highest BCUT2D eigenvalue weighted by Crippen LogP contribution is 2.46. The Morgan fingerprint density at radius 1 is 1.21 bits per heavy atom. The zero-order valence-corrected chi connectivity index (χ0v) is 16.4. The van der Waals surface area contributed by atoms with Gasteiger partial charge in [-0.1, -0.05) is 41.9 Å². The van der Waals surface area contributed by atoms with Gasteiger partial charge in [0.05, 0.1) is 18.7 Å². The molecule has 0 saturated carbocycles. The SMILES string of the molecule is COC(=O)C1=CN2CCc3c([nH]c4ccccc34)[C@H]2C[C@@H]1c1cccc(Cl)c1. The molecule has 142 valence electrons. The van der Waals surface area contributed by atoms with Gasteiger partial charge >= 0.3 is 5.97 Å². The number of H-pyrrole nitrogens is 1. The summed E-state index contributed by atoms with van der Waals surface area (Å²) >= 11 is 6.24. The van der Waals surface area contributed by atoms with Crippen molar-refractivity contribution in [1.29, 1.82) is 0 Å². The number of nitrogens with one attached hydrogen (secondary N) is 1. The Hall–Kier alpha value is -2.72. The lowest BCUT2D eigenvalue weighted by atomic mass is 9.80. The molecule has 2 aliphatic heterocycles. The average Bonchev–Trinajstić information content (AvgIpc) is 3.11. The van der Waals surface area contributed by atoms with Gasteiger partial charge in [0, 0.05) is 40.3 Å². The number of hydrogen-bond donors (Lipinski definition) is 1. The molecule has 3 heterocycles. The number of aromatic amines is 1. The number of carbonyl (C=O) groups excluding carboxylic acids is 1. The van der Waals surface area contributed by atoms with Crippen LogP contribution in [0.5, 0.6) is 0 Å². The first-order valence-electron chi connectivity index (χ1n) is 9.56. The van der Waals surface area contributed by atoms with Crippen molar-refractivity contribution in [2.75, 3.05) is 13.7 Å². The number of benzene rings is 2. The quantitative estimate of drug-likeness (QED) is 0.626. The number of ether oxygens (including phenoxy) is 1. The van der Waals surface area contributed by atoms with Crippen LogP contribution in [0.15, 0.2) is 60.3 Å². The third-order valence-corrected chi connectivity index (χ3v) is 6.25. The molecule has 0 amide bonds. The Kier molecular flexibility index (Phi) is 4.17. The van der Waals surface area contributed by atoms with Gasteiger partial charge in [-0.15, -0.1) is 0 Å². The summed E-state index contributed by atoms with van der Waals surface area (Å²) in [6, 6.07) is 16.5. The van der Waals surface area contributed by atoms with E-state index in [4.69, 9.17) is 16.3 Å². The number of fused-ring (bicyclic) bond motifs is 5. The minimum atomic E-state index is -0.272. The molecule has 5 rings (SSSR count). The summed E-state index contributed by atoms with van der Waals surface area (Å²) < 4.78 is 5.09. The van der Waals surface area contributed by atoms with E-state index in [9.17, 15) is 4.79 Å². The molecule has 2 atom stereocenters. The van der Waals surface area contributed by atoms with Crippen molar-refractivity contribution in [2.45, 2.75) is 24.8 Å². The second kappa shape index (κ2) is 6.71. The second-order valence-electron chi connectivity index (χ2n) is 7.49. The molecular weight excluding hydrogens is 372 g/mol. The van der Waals surface area contributed by atoms with Gasteiger partial charge in [0.15, 0.2) is 0 Å². The molecule has 1 N–H and O–H groups in total. The zero-order valence-electron chi connectivity index (χ0n) is 15.6. The van der Waals surface area contributed by atoms with Crippen LogP contribution in [0.2, 0.25) is 5.02 Å². The van der Waals surface area contributed by atoms with Crippen molar-refractivity contribution in [3.8, 4) is 0 Å². The number of para-hydroxylation sites is 1. The van der Waals surface area contributed by atoms with E-state index in [0.717, 1.165) is 24.9 Å². The van der Waals surface area contributed by atoms with Crippen molar-refractivity contribution in [2.24, 2.45) is 0 Å². The Morgan fingerprint density at radius 3 is 2.89 bits per heavy atom. The first-order chi connectivity index (χ1) is 13.7. The third-order valence-electron chi connectivity index (χ3n) is 6.01. The lowest BCUT2D eigenvalue weighted by Gasteiger charge is -2.41. The predicted molar refractivity (Wildman–Crippen MR) is 110 cm³/mol. The van der Waals surface area contributed by atoms with Crippen molar-refractivity contribution in [1.82, 2.24) is 9.88 Å². The first-order valence-corrected chi connectivity index (χ1v) is 9.94. The van der Waals surface area contributed by atoms with E-state index in [1.54, 1.807) is 0 Å². The molecule has 0 saturated heterocycles. The maximum absolute atomic E-state index is 12.5. The number of hydrogen-bond acceptors (Lipinski definition) is 3. The number of carbonyl (C=O) groups is 1. The largest absolute Gasteiger partial charge is 0.466 e. The molecule has 2 aromatic carbocycles. The second-order valence-corrected chi connectivity index (χ2v) is 7.92. The lowest BCUT2D eigenvalue weighted by molar-refractivity contribution is -0.136. The summed E-state index contributed by atoms with van der Waals surface area (Å²) in [6.45, 7) is 0.891. The predicted octanol–water partition coefficient (Wildman–Crippen LogP) is 4.96. The third kappa shape index (κ3) is 2.71. The van der Waals surface area contributed by atoms with Gasteiger partial charge in [0.1, 0.15) is 0 Å². The van der Waals surface area contributed by atoms with Gasteiger partial charge in [0.25, 0.3) is 0 Å². The summed E-state index contributed by atoms with van der Waals surface area (Å²) in [5, 5.41) is 1.98. The fourth-order valence-electron chi connectivity index (χ4n) is 4.72. The van der Waals surface area contributed by atoms with Gasteiger partial charge in [-0.05, 0) is 42.2 Å². The standard InChI is InChI=1S/C23H21ClN2O2/c1-28-23(27)19-13-26-10-9-17-16-7-2-3-8-20(16)25-22(17)21(26)12-18(19)14-5-4-6-15(24)11-14/h2-8,11,13,18,21,25H,9-10,12H2,1H3/t18-,21-/m1/s1. The fraction of sp³-hybridized carbons (Fsp3) is 0.261. The van der Waals surface area contributed by atoms with E-state index < -0.39 is 0 Å². The summed E-state index contributed by atoms with van der Waals surface area (Å²) in [6.07, 6.45) is 3.77. The van der Waals surface area contributed by atoms with E-state index in [2.05, 4.69) is 34.1 Å². The molecule has 0 bridgehead atoms. The maximum atomic E-state index is 12.5. The highest BCUT2D eigenvalue weighted by atomic mass is 35.5. The van der Waals surface area contributed by atoms with E-state index in [0.29, 0.717) is 10.6 Å². The Bertz CT molecular complexity index is 1100. The topological polar surface area (TPSA) is 45.3 Å². The van der Waals surface area contributed by atoms with E-state index in [1.807, 2.05) is 30.5 Å². The molecular formula is C23H21ClN2O2. The van der Waals surface area contributed by atoms with Crippen molar-refractivity contribution in [3.05, 3.63) is 82.1 Å². The van der Waals surface area contributed by atoms with Crippen LogP contribution < -0.4 is 0 Å². The molecule has 2 aliphatic rings. The Morgan fingerprint density at radius 2 is 2.07 bits per heavy atom. The Labute approximate surface area is 168 Å². The van der Waals surface area contributed by atoms with Crippen LogP contribution in [0.1, 0.15) is 35.2 Å². The highest BCUT2D eigenvalue weighted by Gasteiger charge is 2.38. The van der Waals surface area contributed by atoms with Crippen molar-refractivity contribution < 1.29 is 9.53 Å². The summed E-state index contributed by atoms with van der Waals surface area (Å²) in [5.41, 5.74) is 5.58. The highest BCUT2D eigenvalue weighted by molar-refractivity contribution is 6.30. The fourth-order valence-corrected chi connectivity index (χ4v) is 4.91. The molecule has 0 spiro atoms. The van der Waals surface area contributed by atoms with E-state index in [-0.39, 0.29) is 17.9 Å². The number of esters is 1. The molecule has 28 heavy (non-hydrogen) atoms. The van der Waals surface area contributed by atoms with Crippen LogP contribution in [0.25, 0.3) is 10.9 Å². The number of halogens is 1. The van der Waals surface area contributed by atoms with Gasteiger partial charge in [0.2, 0.25) is 0 Å². The average molecular weight is 393 g/mol. The van der Waals surface area contributed by atoms with Gasteiger partial charge in [-0.3, -0.25) is 0 Å². The zero-order chi connectivity index (χ0) is 19.3. The molecule has 1 aromatic heterocycles. The van der Waals surface area contributed by atoms with E-state index >= 15 is 0 Å².